The molecule has 1 aliphatic rings. The molecule has 0 bridgehead atoms. The first-order valence-corrected chi connectivity index (χ1v) is 7.15. The molecule has 0 amide bonds. The summed E-state index contributed by atoms with van der Waals surface area (Å²) in [5.41, 5.74) is 1.75. The molecule has 1 aromatic rings. The molecule has 0 spiro atoms. The first-order valence-electron chi connectivity index (χ1n) is 6.36. The van der Waals surface area contributed by atoms with Gasteiger partial charge >= 0.3 is 0 Å². The molecular formula is C14H18BrNO2. The van der Waals surface area contributed by atoms with Crippen LogP contribution in [0.2, 0.25) is 0 Å². The number of aldehydes is 1. The fraction of sp³-hybridized carbons (Fsp3) is 0.500. The Kier molecular flexibility index (Phi) is 4.78. The number of hydrogen-bond acceptors (Lipinski definition) is 3. The molecule has 1 heterocycles. The summed E-state index contributed by atoms with van der Waals surface area (Å²) in [6.45, 7) is 4.73. The Labute approximate surface area is 116 Å². The quantitative estimate of drug-likeness (QED) is 0.802. The van der Waals surface area contributed by atoms with Gasteiger partial charge in [0.05, 0.1) is 6.10 Å². The van der Waals surface area contributed by atoms with Gasteiger partial charge in [-0.15, -0.1) is 0 Å². The maximum Gasteiger partial charge on any atom is 0.152 e. The highest BCUT2D eigenvalue weighted by molar-refractivity contribution is 9.10. The summed E-state index contributed by atoms with van der Waals surface area (Å²) in [6.07, 6.45) is 3.18. The van der Waals surface area contributed by atoms with E-state index in [2.05, 4.69) is 27.8 Å². The van der Waals surface area contributed by atoms with Gasteiger partial charge in [-0.1, -0.05) is 22.9 Å². The maximum absolute atomic E-state index is 11.1. The third-order valence-corrected chi connectivity index (χ3v) is 3.76. The topological polar surface area (TPSA) is 29.5 Å². The lowest BCUT2D eigenvalue weighted by Gasteiger charge is -2.26. The third kappa shape index (κ3) is 3.12. The monoisotopic (exact) mass is 311 g/mol. The first-order chi connectivity index (χ1) is 8.74. The zero-order chi connectivity index (χ0) is 13.0. The van der Waals surface area contributed by atoms with Crippen LogP contribution in [0.15, 0.2) is 22.7 Å². The van der Waals surface area contributed by atoms with Crippen LogP contribution in [-0.4, -0.2) is 32.1 Å². The highest BCUT2D eigenvalue weighted by Gasteiger charge is 2.19. The van der Waals surface area contributed by atoms with Crippen molar-refractivity contribution in [2.75, 3.05) is 24.6 Å². The zero-order valence-corrected chi connectivity index (χ0v) is 12.1. The molecule has 0 saturated carbocycles. The number of nitrogens with zero attached hydrogens (tertiary/aromatic N) is 1. The lowest BCUT2D eigenvalue weighted by molar-refractivity contribution is 0.0664. The standard InChI is InChI=1S/C14H18BrNO2/c1-2-13-9-16(6-3-7-18-13)14-8-12(15)5-4-11(14)10-17/h4-5,8,10,13H,2-3,6-7,9H2,1H3. The summed E-state index contributed by atoms with van der Waals surface area (Å²) in [7, 11) is 0. The van der Waals surface area contributed by atoms with Crippen molar-refractivity contribution in [1.82, 2.24) is 0 Å². The Balaban J connectivity index is 2.28. The molecule has 1 aliphatic heterocycles. The van der Waals surface area contributed by atoms with Crippen molar-refractivity contribution < 1.29 is 9.53 Å². The minimum atomic E-state index is 0.256. The summed E-state index contributed by atoms with van der Waals surface area (Å²) in [4.78, 5) is 13.4. The fourth-order valence-electron chi connectivity index (χ4n) is 2.25. The highest BCUT2D eigenvalue weighted by atomic mass is 79.9. The number of carbonyl (C=O) groups is 1. The number of hydrogen-bond donors (Lipinski definition) is 0. The van der Waals surface area contributed by atoms with Gasteiger partial charge in [0.25, 0.3) is 0 Å². The van der Waals surface area contributed by atoms with Crippen LogP contribution < -0.4 is 4.90 Å². The Morgan fingerprint density at radius 3 is 3.11 bits per heavy atom. The molecule has 1 unspecified atom stereocenters. The molecule has 0 N–H and O–H groups in total. The Bertz CT molecular complexity index is 422. The van der Waals surface area contributed by atoms with Crippen LogP contribution in [0, 0.1) is 0 Å². The summed E-state index contributed by atoms with van der Waals surface area (Å²) in [6, 6.07) is 5.78. The lowest BCUT2D eigenvalue weighted by atomic mass is 10.1. The van der Waals surface area contributed by atoms with Crippen LogP contribution >= 0.6 is 15.9 Å². The Morgan fingerprint density at radius 1 is 1.56 bits per heavy atom. The largest absolute Gasteiger partial charge is 0.376 e. The van der Waals surface area contributed by atoms with Crippen molar-refractivity contribution in [3.8, 4) is 0 Å². The molecule has 1 saturated heterocycles. The highest BCUT2D eigenvalue weighted by Crippen LogP contribution is 2.26. The summed E-state index contributed by atoms with van der Waals surface area (Å²) < 4.78 is 6.77. The third-order valence-electron chi connectivity index (χ3n) is 3.27. The van der Waals surface area contributed by atoms with Crippen molar-refractivity contribution in [1.29, 1.82) is 0 Å². The SMILES string of the molecule is CCC1CN(c2cc(Br)ccc2C=O)CCCO1. The predicted octanol–water partition coefficient (Wildman–Crippen LogP) is 3.27. The van der Waals surface area contributed by atoms with Crippen molar-refractivity contribution >= 4 is 27.9 Å². The van der Waals surface area contributed by atoms with Gasteiger partial charge in [0.2, 0.25) is 0 Å². The van der Waals surface area contributed by atoms with E-state index in [1.807, 2.05) is 18.2 Å². The van der Waals surface area contributed by atoms with Gasteiger partial charge in [0.1, 0.15) is 0 Å². The zero-order valence-electron chi connectivity index (χ0n) is 10.6. The van der Waals surface area contributed by atoms with Gasteiger partial charge in [-0.05, 0) is 31.0 Å². The second kappa shape index (κ2) is 6.34. The number of ether oxygens (including phenoxy) is 1. The summed E-state index contributed by atoms with van der Waals surface area (Å²) in [5.74, 6) is 0. The molecule has 1 atom stereocenters. The van der Waals surface area contributed by atoms with E-state index in [1.54, 1.807) is 0 Å². The molecule has 1 fully saturated rings. The first kappa shape index (κ1) is 13.6. The molecule has 0 radical (unpaired) electrons. The maximum atomic E-state index is 11.1. The molecule has 0 aliphatic carbocycles. The minimum Gasteiger partial charge on any atom is -0.376 e. The lowest BCUT2D eigenvalue weighted by Crippen LogP contribution is -2.32. The number of halogens is 1. The van der Waals surface area contributed by atoms with Crippen LogP contribution in [0.1, 0.15) is 30.1 Å². The molecule has 3 nitrogen and oxygen atoms in total. The molecule has 0 aromatic heterocycles. The summed E-state index contributed by atoms with van der Waals surface area (Å²) >= 11 is 3.47. The van der Waals surface area contributed by atoms with Crippen molar-refractivity contribution in [3.05, 3.63) is 28.2 Å². The number of carbonyl (C=O) groups excluding carboxylic acids is 1. The Morgan fingerprint density at radius 2 is 2.39 bits per heavy atom. The van der Waals surface area contributed by atoms with Gasteiger partial charge in [-0.2, -0.15) is 0 Å². The van der Waals surface area contributed by atoms with Crippen LogP contribution in [0.3, 0.4) is 0 Å². The van der Waals surface area contributed by atoms with Crippen LogP contribution in [0.4, 0.5) is 5.69 Å². The van der Waals surface area contributed by atoms with Crippen LogP contribution in [0.25, 0.3) is 0 Å². The van der Waals surface area contributed by atoms with E-state index in [4.69, 9.17) is 4.74 Å². The number of anilines is 1. The Hall–Kier alpha value is -0.870. The number of benzene rings is 1. The van der Waals surface area contributed by atoms with Gasteiger partial charge < -0.3 is 9.64 Å². The molecule has 18 heavy (non-hydrogen) atoms. The number of rotatable bonds is 3. The van der Waals surface area contributed by atoms with E-state index in [1.165, 1.54) is 0 Å². The van der Waals surface area contributed by atoms with Crippen LogP contribution in [-0.2, 0) is 4.74 Å². The minimum absolute atomic E-state index is 0.256. The van der Waals surface area contributed by atoms with Crippen LogP contribution in [0.5, 0.6) is 0 Å². The smallest absolute Gasteiger partial charge is 0.152 e. The molecular weight excluding hydrogens is 294 g/mol. The summed E-state index contributed by atoms with van der Waals surface area (Å²) in [5, 5.41) is 0. The molecule has 1 aromatic carbocycles. The normalized spacial score (nSPS) is 20.6. The van der Waals surface area contributed by atoms with Gasteiger partial charge in [0.15, 0.2) is 6.29 Å². The average molecular weight is 312 g/mol. The molecule has 4 heteroatoms. The van der Waals surface area contributed by atoms with Crippen molar-refractivity contribution in [2.45, 2.75) is 25.9 Å². The second-order valence-corrected chi connectivity index (χ2v) is 5.44. The molecule has 98 valence electrons. The van der Waals surface area contributed by atoms with E-state index in [0.29, 0.717) is 0 Å². The fourth-order valence-corrected chi connectivity index (χ4v) is 2.60. The average Bonchev–Trinajstić information content (AvgIpc) is 2.64. The molecule has 2 rings (SSSR count). The van der Waals surface area contributed by atoms with Gasteiger partial charge in [-0.25, -0.2) is 0 Å². The van der Waals surface area contributed by atoms with E-state index in [9.17, 15) is 4.79 Å². The van der Waals surface area contributed by atoms with Crippen molar-refractivity contribution in [3.63, 3.8) is 0 Å². The van der Waals surface area contributed by atoms with Gasteiger partial charge in [-0.3, -0.25) is 4.79 Å². The van der Waals surface area contributed by atoms with E-state index in [-0.39, 0.29) is 6.10 Å². The van der Waals surface area contributed by atoms with E-state index < -0.39 is 0 Å². The van der Waals surface area contributed by atoms with E-state index in [0.717, 1.165) is 54.5 Å². The van der Waals surface area contributed by atoms with E-state index >= 15 is 0 Å². The van der Waals surface area contributed by atoms with Gasteiger partial charge in [0, 0.05) is 35.4 Å². The van der Waals surface area contributed by atoms with Crippen molar-refractivity contribution in [2.24, 2.45) is 0 Å². The second-order valence-electron chi connectivity index (χ2n) is 4.52. The predicted molar refractivity (Wildman–Crippen MR) is 76.4 cm³/mol.